The molecule has 3 N–H and O–H groups in total. The highest BCUT2D eigenvalue weighted by Gasteiger charge is 2.33. The number of hydrogen-bond donors (Lipinski definition) is 2. The van der Waals surface area contributed by atoms with Gasteiger partial charge in [-0.3, -0.25) is 0 Å². The highest BCUT2D eigenvalue weighted by Crippen LogP contribution is 2.31. The van der Waals surface area contributed by atoms with Crippen LogP contribution >= 0.6 is 15.9 Å². The Balaban J connectivity index is 2.13. The minimum Gasteiger partial charge on any atom is -0.389 e. The van der Waals surface area contributed by atoms with Gasteiger partial charge in [0.1, 0.15) is 5.82 Å². The highest BCUT2D eigenvalue weighted by atomic mass is 79.9. The molecule has 0 radical (unpaired) electrons. The van der Waals surface area contributed by atoms with Gasteiger partial charge in [-0.2, -0.15) is 0 Å². The first-order valence-corrected chi connectivity index (χ1v) is 6.69. The molecule has 1 aromatic carbocycles. The van der Waals surface area contributed by atoms with Crippen molar-refractivity contribution in [3.8, 4) is 0 Å². The summed E-state index contributed by atoms with van der Waals surface area (Å²) in [4.78, 5) is 0. The third-order valence-electron chi connectivity index (χ3n) is 3.31. The zero-order valence-corrected chi connectivity index (χ0v) is 11.2. The van der Waals surface area contributed by atoms with Crippen molar-refractivity contribution in [3.05, 3.63) is 34.1 Å². The average Bonchev–Trinajstić information content (AvgIpc) is 2.13. The summed E-state index contributed by atoms with van der Waals surface area (Å²) < 4.78 is 14.0. The zero-order chi connectivity index (χ0) is 12.5. The molecule has 1 aromatic rings. The lowest BCUT2D eigenvalue weighted by Crippen LogP contribution is -2.42. The monoisotopic (exact) mass is 301 g/mol. The number of aliphatic hydroxyl groups is 1. The third-order valence-corrected chi connectivity index (χ3v) is 3.77. The van der Waals surface area contributed by atoms with Crippen LogP contribution in [0.2, 0.25) is 0 Å². The van der Waals surface area contributed by atoms with Crippen molar-refractivity contribution in [2.75, 3.05) is 0 Å². The lowest BCUT2D eigenvalue weighted by molar-refractivity contribution is -0.00195. The molecular formula is C13H17BrFNO. The predicted octanol–water partition coefficient (Wildman–Crippen LogP) is 2.76. The number of rotatable bonds is 2. The molecule has 2 nitrogen and oxygen atoms in total. The van der Waals surface area contributed by atoms with Crippen LogP contribution in [0.4, 0.5) is 4.39 Å². The first-order valence-electron chi connectivity index (χ1n) is 5.90. The highest BCUT2D eigenvalue weighted by molar-refractivity contribution is 9.10. The van der Waals surface area contributed by atoms with Crippen molar-refractivity contribution < 1.29 is 9.50 Å². The second kappa shape index (κ2) is 5.04. The van der Waals surface area contributed by atoms with Crippen LogP contribution < -0.4 is 5.73 Å². The second-order valence-electron chi connectivity index (χ2n) is 5.04. The van der Waals surface area contributed by atoms with Crippen LogP contribution in [0, 0.1) is 5.82 Å². The summed E-state index contributed by atoms with van der Waals surface area (Å²) in [6.45, 7) is 0. The van der Waals surface area contributed by atoms with Crippen LogP contribution in [0.3, 0.4) is 0 Å². The average molecular weight is 302 g/mol. The Morgan fingerprint density at radius 2 is 2.24 bits per heavy atom. The van der Waals surface area contributed by atoms with Crippen LogP contribution in [-0.4, -0.2) is 16.7 Å². The van der Waals surface area contributed by atoms with E-state index in [-0.39, 0.29) is 11.9 Å². The van der Waals surface area contributed by atoms with Gasteiger partial charge in [-0.05, 0) is 49.4 Å². The molecule has 1 aliphatic carbocycles. The molecule has 0 amide bonds. The Labute approximate surface area is 109 Å². The van der Waals surface area contributed by atoms with Crippen LogP contribution in [0.1, 0.15) is 31.2 Å². The number of hydrogen-bond acceptors (Lipinski definition) is 2. The van der Waals surface area contributed by atoms with Crippen molar-refractivity contribution in [1.82, 2.24) is 0 Å². The summed E-state index contributed by atoms with van der Waals surface area (Å²) in [6, 6.07) is 4.80. The molecule has 1 aliphatic rings. The summed E-state index contributed by atoms with van der Waals surface area (Å²) in [7, 11) is 0. The van der Waals surface area contributed by atoms with Crippen LogP contribution in [0.5, 0.6) is 0 Å². The minimum absolute atomic E-state index is 0.0609. The normalized spacial score (nSPS) is 29.3. The zero-order valence-electron chi connectivity index (χ0n) is 9.63. The first kappa shape index (κ1) is 13.0. The molecule has 0 saturated heterocycles. The van der Waals surface area contributed by atoms with E-state index < -0.39 is 5.60 Å². The van der Waals surface area contributed by atoms with Crippen LogP contribution in [0.15, 0.2) is 22.7 Å². The Morgan fingerprint density at radius 3 is 2.88 bits per heavy atom. The standard InChI is InChI=1S/C13H17BrFNO/c14-10-4-9(5-11(15)6-10)7-13(17)3-1-2-12(16)8-13/h4-6,12,17H,1-3,7-8,16H2. The van der Waals surface area contributed by atoms with Gasteiger partial charge >= 0.3 is 0 Å². The van der Waals surface area contributed by atoms with Gasteiger partial charge in [0.25, 0.3) is 0 Å². The van der Waals surface area contributed by atoms with Gasteiger partial charge in [-0.1, -0.05) is 15.9 Å². The van der Waals surface area contributed by atoms with Crippen molar-refractivity contribution in [2.24, 2.45) is 5.73 Å². The molecule has 2 unspecified atom stereocenters. The van der Waals surface area contributed by atoms with Crippen LogP contribution in [0.25, 0.3) is 0 Å². The van der Waals surface area contributed by atoms with E-state index in [2.05, 4.69) is 15.9 Å². The molecule has 2 rings (SSSR count). The quantitative estimate of drug-likeness (QED) is 0.882. The summed E-state index contributed by atoms with van der Waals surface area (Å²) in [5, 5.41) is 10.5. The molecule has 17 heavy (non-hydrogen) atoms. The second-order valence-corrected chi connectivity index (χ2v) is 5.95. The Hall–Kier alpha value is -0.450. The summed E-state index contributed by atoms with van der Waals surface area (Å²) in [6.07, 6.45) is 3.72. The summed E-state index contributed by atoms with van der Waals surface area (Å²) >= 11 is 3.26. The number of benzene rings is 1. The SMILES string of the molecule is NC1CCCC(O)(Cc2cc(F)cc(Br)c2)C1. The van der Waals surface area contributed by atoms with Gasteiger partial charge in [0.15, 0.2) is 0 Å². The fourth-order valence-electron chi connectivity index (χ4n) is 2.64. The lowest BCUT2D eigenvalue weighted by Gasteiger charge is -2.35. The summed E-state index contributed by atoms with van der Waals surface area (Å²) in [5.74, 6) is -0.280. The summed E-state index contributed by atoms with van der Waals surface area (Å²) in [5.41, 5.74) is 5.92. The van der Waals surface area contributed by atoms with Gasteiger partial charge in [0.2, 0.25) is 0 Å². The van der Waals surface area contributed by atoms with Crippen molar-refractivity contribution in [1.29, 1.82) is 0 Å². The molecule has 4 heteroatoms. The molecule has 0 bridgehead atoms. The van der Waals surface area contributed by atoms with Gasteiger partial charge in [0, 0.05) is 16.9 Å². The van der Waals surface area contributed by atoms with E-state index in [0.29, 0.717) is 17.3 Å². The molecule has 0 aromatic heterocycles. The van der Waals surface area contributed by atoms with Crippen molar-refractivity contribution in [3.63, 3.8) is 0 Å². The Morgan fingerprint density at radius 1 is 1.47 bits per heavy atom. The van der Waals surface area contributed by atoms with Gasteiger partial charge in [0.05, 0.1) is 5.60 Å². The molecular weight excluding hydrogens is 285 g/mol. The number of halogens is 2. The van der Waals surface area contributed by atoms with Gasteiger partial charge < -0.3 is 10.8 Å². The smallest absolute Gasteiger partial charge is 0.124 e. The maximum absolute atomic E-state index is 13.2. The van der Waals surface area contributed by atoms with Crippen molar-refractivity contribution >= 4 is 15.9 Å². The van der Waals surface area contributed by atoms with E-state index in [1.54, 1.807) is 0 Å². The van der Waals surface area contributed by atoms with Gasteiger partial charge in [-0.25, -0.2) is 4.39 Å². The molecule has 2 atom stereocenters. The molecule has 94 valence electrons. The van der Waals surface area contributed by atoms with E-state index in [9.17, 15) is 9.50 Å². The molecule has 0 spiro atoms. The van der Waals surface area contributed by atoms with Gasteiger partial charge in [-0.15, -0.1) is 0 Å². The maximum Gasteiger partial charge on any atom is 0.124 e. The Kier molecular flexibility index (Phi) is 3.85. The topological polar surface area (TPSA) is 46.2 Å². The maximum atomic E-state index is 13.2. The van der Waals surface area contributed by atoms with E-state index in [4.69, 9.17) is 5.73 Å². The predicted molar refractivity (Wildman–Crippen MR) is 69.2 cm³/mol. The molecule has 0 heterocycles. The molecule has 1 fully saturated rings. The van der Waals surface area contributed by atoms with E-state index >= 15 is 0 Å². The fourth-order valence-corrected chi connectivity index (χ4v) is 3.15. The molecule has 1 saturated carbocycles. The third kappa shape index (κ3) is 3.50. The van der Waals surface area contributed by atoms with Crippen molar-refractivity contribution in [2.45, 2.75) is 43.7 Å². The first-order chi connectivity index (χ1) is 7.97. The number of nitrogens with two attached hydrogens (primary N) is 1. The largest absolute Gasteiger partial charge is 0.389 e. The van der Waals surface area contributed by atoms with Crippen LogP contribution in [-0.2, 0) is 6.42 Å². The lowest BCUT2D eigenvalue weighted by atomic mass is 9.78. The van der Waals surface area contributed by atoms with E-state index in [0.717, 1.165) is 24.8 Å². The molecule has 0 aliphatic heterocycles. The van der Waals surface area contributed by atoms with E-state index in [1.165, 1.54) is 12.1 Å². The van der Waals surface area contributed by atoms with E-state index in [1.807, 2.05) is 6.07 Å². The fraction of sp³-hybridized carbons (Fsp3) is 0.538. The Bertz CT molecular complexity index is 392. The minimum atomic E-state index is -0.773.